The number of hydrogen-bond donors (Lipinski definition) is 2. The highest BCUT2D eigenvalue weighted by Gasteiger charge is 2.34. The summed E-state index contributed by atoms with van der Waals surface area (Å²) in [6.45, 7) is 1.69. The van der Waals surface area contributed by atoms with Gasteiger partial charge in [-0.2, -0.15) is 0 Å². The van der Waals surface area contributed by atoms with Gasteiger partial charge in [0.05, 0.1) is 17.0 Å². The number of hydrogen-bond acceptors (Lipinski definition) is 5. The number of sulfonamides is 1. The topological polar surface area (TPSA) is 87.3 Å². The summed E-state index contributed by atoms with van der Waals surface area (Å²) in [5.41, 5.74) is 0. The lowest BCUT2D eigenvalue weighted by atomic mass is 10.2. The molecule has 1 unspecified atom stereocenters. The van der Waals surface area contributed by atoms with Gasteiger partial charge in [0.1, 0.15) is 5.82 Å². The van der Waals surface area contributed by atoms with Crippen LogP contribution >= 0.6 is 0 Å². The summed E-state index contributed by atoms with van der Waals surface area (Å²) in [5, 5.41) is 0. The molecule has 130 valence electrons. The summed E-state index contributed by atoms with van der Waals surface area (Å²) in [7, 11) is -1.77. The second-order valence-electron chi connectivity index (χ2n) is 5.79. The van der Waals surface area contributed by atoms with E-state index in [1.54, 1.807) is 49.8 Å². The number of aromatic nitrogens is 2. The van der Waals surface area contributed by atoms with Gasteiger partial charge in [-0.3, -0.25) is 4.90 Å². The summed E-state index contributed by atoms with van der Waals surface area (Å²) < 4.78 is 32.7. The van der Waals surface area contributed by atoms with Crippen molar-refractivity contribution in [2.24, 2.45) is 0 Å². The highest BCUT2D eigenvalue weighted by Crippen LogP contribution is 2.30. The highest BCUT2D eigenvalue weighted by molar-refractivity contribution is 7.89. The van der Waals surface area contributed by atoms with Gasteiger partial charge >= 0.3 is 0 Å². The number of nitrogens with zero attached hydrogens (tertiary/aromatic N) is 2. The maximum Gasteiger partial charge on any atom is 0.240 e. The summed E-state index contributed by atoms with van der Waals surface area (Å²) in [6.07, 6.45) is 4.50. The Labute approximate surface area is 142 Å². The maximum absolute atomic E-state index is 12.3. The molecule has 0 spiro atoms. The Bertz CT molecular complexity index is 734. The predicted octanol–water partition coefficient (Wildman–Crippen LogP) is 1.15. The first-order valence-corrected chi connectivity index (χ1v) is 9.39. The Balaban J connectivity index is 1.61. The third kappa shape index (κ3) is 3.84. The van der Waals surface area contributed by atoms with Gasteiger partial charge in [0, 0.05) is 39.1 Å². The second kappa shape index (κ2) is 7.43. The molecule has 2 aromatic rings. The van der Waals surface area contributed by atoms with Crippen molar-refractivity contribution in [3.63, 3.8) is 0 Å². The molecule has 1 fully saturated rings. The van der Waals surface area contributed by atoms with Crippen molar-refractivity contribution in [2.45, 2.75) is 23.5 Å². The van der Waals surface area contributed by atoms with Gasteiger partial charge in [-0.25, -0.2) is 18.1 Å². The van der Waals surface area contributed by atoms with E-state index < -0.39 is 10.0 Å². The molecule has 0 bridgehead atoms. The molecule has 2 heterocycles. The van der Waals surface area contributed by atoms with Crippen molar-refractivity contribution in [3.8, 4) is 0 Å². The van der Waals surface area contributed by atoms with Crippen molar-refractivity contribution < 1.29 is 13.2 Å². The minimum absolute atomic E-state index is 0.117. The molecule has 0 aliphatic carbocycles. The molecule has 2 atom stereocenters. The number of H-pyrrole nitrogens is 1. The first-order valence-electron chi connectivity index (χ1n) is 7.91. The van der Waals surface area contributed by atoms with Crippen LogP contribution in [0.1, 0.15) is 18.3 Å². The molecule has 1 saturated heterocycles. The summed E-state index contributed by atoms with van der Waals surface area (Å²) in [6, 6.07) is 8.51. The molecule has 1 aliphatic heterocycles. The highest BCUT2D eigenvalue weighted by atomic mass is 32.2. The zero-order valence-corrected chi connectivity index (χ0v) is 14.4. The van der Waals surface area contributed by atoms with Crippen molar-refractivity contribution in [1.82, 2.24) is 19.6 Å². The van der Waals surface area contributed by atoms with Gasteiger partial charge < -0.3 is 9.72 Å². The van der Waals surface area contributed by atoms with Gasteiger partial charge in [0.15, 0.2) is 0 Å². The Morgan fingerprint density at radius 2 is 2.17 bits per heavy atom. The van der Waals surface area contributed by atoms with E-state index in [2.05, 4.69) is 19.6 Å². The van der Waals surface area contributed by atoms with E-state index in [0.717, 1.165) is 18.8 Å². The number of benzene rings is 1. The fraction of sp³-hybridized carbons (Fsp3) is 0.438. The van der Waals surface area contributed by atoms with Crippen LogP contribution in [0.2, 0.25) is 0 Å². The van der Waals surface area contributed by atoms with Gasteiger partial charge in [-0.1, -0.05) is 18.2 Å². The largest absolute Gasteiger partial charge is 0.380 e. The number of imidazole rings is 1. The Hall–Kier alpha value is -1.74. The molecule has 1 aliphatic rings. The van der Waals surface area contributed by atoms with E-state index in [9.17, 15) is 8.42 Å². The number of rotatable bonds is 7. The summed E-state index contributed by atoms with van der Waals surface area (Å²) in [4.78, 5) is 9.95. The SMILES string of the molecule is CO[C@@H]1CC(c2ncc[nH]2)N(CCNS(=O)(=O)c2ccccc2)C1. The second-order valence-corrected chi connectivity index (χ2v) is 7.56. The molecular formula is C16H22N4O3S. The third-order valence-corrected chi connectivity index (χ3v) is 5.75. The molecule has 0 amide bonds. The van der Waals surface area contributed by atoms with Crippen LogP contribution in [0.15, 0.2) is 47.6 Å². The molecule has 1 aromatic heterocycles. The van der Waals surface area contributed by atoms with Gasteiger partial charge in [-0.15, -0.1) is 0 Å². The standard InChI is InChI=1S/C16H22N4O3S/c1-23-13-11-15(16-17-7-8-18-16)20(12-13)10-9-19-24(21,22)14-5-3-2-4-6-14/h2-8,13,15,19H,9-12H2,1H3,(H,17,18)/t13-,15?/m1/s1. The molecule has 24 heavy (non-hydrogen) atoms. The monoisotopic (exact) mass is 350 g/mol. The van der Waals surface area contributed by atoms with Crippen molar-refractivity contribution in [1.29, 1.82) is 0 Å². The zero-order valence-electron chi connectivity index (χ0n) is 13.6. The quantitative estimate of drug-likeness (QED) is 0.782. The average molecular weight is 350 g/mol. The number of likely N-dealkylation sites (tertiary alicyclic amines) is 1. The number of ether oxygens (including phenoxy) is 1. The van der Waals surface area contributed by atoms with Crippen LogP contribution in [0, 0.1) is 0 Å². The van der Waals surface area contributed by atoms with E-state index in [-0.39, 0.29) is 17.0 Å². The minimum Gasteiger partial charge on any atom is -0.380 e. The van der Waals surface area contributed by atoms with Crippen LogP contribution in [0.25, 0.3) is 0 Å². The first kappa shape index (κ1) is 17.1. The fourth-order valence-electron chi connectivity index (χ4n) is 3.03. The van der Waals surface area contributed by atoms with Crippen LogP contribution in [0.5, 0.6) is 0 Å². The van der Waals surface area contributed by atoms with Crippen LogP contribution in [-0.2, 0) is 14.8 Å². The lowest BCUT2D eigenvalue weighted by molar-refractivity contribution is 0.108. The summed E-state index contributed by atoms with van der Waals surface area (Å²) >= 11 is 0. The van der Waals surface area contributed by atoms with Crippen LogP contribution in [-0.4, -0.2) is 56.1 Å². The Morgan fingerprint density at radius 1 is 1.38 bits per heavy atom. The van der Waals surface area contributed by atoms with Gasteiger partial charge in [-0.05, 0) is 18.6 Å². The maximum atomic E-state index is 12.3. The molecule has 2 N–H and O–H groups in total. The van der Waals surface area contributed by atoms with Crippen LogP contribution in [0.3, 0.4) is 0 Å². The van der Waals surface area contributed by atoms with Crippen LogP contribution in [0.4, 0.5) is 0 Å². The fourth-order valence-corrected chi connectivity index (χ4v) is 4.07. The number of methoxy groups -OCH3 is 1. The van der Waals surface area contributed by atoms with E-state index in [1.807, 2.05) is 0 Å². The van der Waals surface area contributed by atoms with Gasteiger partial charge in [0.25, 0.3) is 0 Å². The molecule has 3 rings (SSSR count). The number of nitrogens with one attached hydrogen (secondary N) is 2. The zero-order chi connectivity index (χ0) is 17.0. The lowest BCUT2D eigenvalue weighted by Gasteiger charge is -2.22. The minimum atomic E-state index is -3.47. The van der Waals surface area contributed by atoms with Crippen molar-refractivity contribution in [3.05, 3.63) is 48.5 Å². The molecule has 0 saturated carbocycles. The van der Waals surface area contributed by atoms with Crippen molar-refractivity contribution in [2.75, 3.05) is 26.7 Å². The summed E-state index contributed by atoms with van der Waals surface area (Å²) in [5.74, 6) is 0.889. The van der Waals surface area contributed by atoms with E-state index in [1.165, 1.54) is 0 Å². The first-order chi connectivity index (χ1) is 11.6. The molecule has 7 nitrogen and oxygen atoms in total. The Morgan fingerprint density at radius 3 is 2.83 bits per heavy atom. The normalized spacial score (nSPS) is 22.0. The molecular weight excluding hydrogens is 328 g/mol. The van der Waals surface area contributed by atoms with Crippen molar-refractivity contribution >= 4 is 10.0 Å². The average Bonchev–Trinajstić information content (AvgIpc) is 3.24. The van der Waals surface area contributed by atoms with E-state index in [4.69, 9.17) is 4.74 Å². The van der Waals surface area contributed by atoms with E-state index >= 15 is 0 Å². The van der Waals surface area contributed by atoms with Crippen LogP contribution < -0.4 is 4.72 Å². The third-order valence-electron chi connectivity index (χ3n) is 4.28. The Kier molecular flexibility index (Phi) is 5.30. The molecule has 8 heteroatoms. The predicted molar refractivity (Wildman–Crippen MR) is 89.9 cm³/mol. The number of aromatic amines is 1. The van der Waals surface area contributed by atoms with E-state index in [0.29, 0.717) is 13.1 Å². The molecule has 0 radical (unpaired) electrons. The smallest absolute Gasteiger partial charge is 0.240 e. The molecule has 1 aromatic carbocycles. The van der Waals surface area contributed by atoms with Gasteiger partial charge in [0.2, 0.25) is 10.0 Å². The lowest BCUT2D eigenvalue weighted by Crippen LogP contribution is -2.35.